The lowest BCUT2D eigenvalue weighted by Crippen LogP contribution is -2.47. The van der Waals surface area contributed by atoms with Gasteiger partial charge in [-0.05, 0) is 52.3 Å². The van der Waals surface area contributed by atoms with Crippen molar-refractivity contribution in [3.05, 3.63) is 35.9 Å². The highest BCUT2D eigenvalue weighted by molar-refractivity contribution is 5.98. The molecule has 2 aliphatic heterocycles. The number of piperidine rings is 1. The lowest BCUT2D eigenvalue weighted by atomic mass is 9.85. The van der Waals surface area contributed by atoms with Gasteiger partial charge in [-0.2, -0.15) is 5.10 Å². The number of alkyl halides is 3. The molecule has 3 aromatic rings. The highest BCUT2D eigenvalue weighted by Gasteiger charge is 2.44. The first-order chi connectivity index (χ1) is 18.2. The molecule has 9 nitrogen and oxygen atoms in total. The van der Waals surface area contributed by atoms with E-state index in [2.05, 4.69) is 20.4 Å². The third-order valence-corrected chi connectivity index (χ3v) is 6.86. The quantitative estimate of drug-likeness (QED) is 0.450. The van der Waals surface area contributed by atoms with E-state index in [1.54, 1.807) is 20.8 Å². The molecular formula is C26H28F4N6O3. The van der Waals surface area contributed by atoms with Crippen molar-refractivity contribution in [2.75, 3.05) is 18.4 Å². The van der Waals surface area contributed by atoms with Crippen LogP contribution in [0.4, 0.5) is 28.2 Å². The van der Waals surface area contributed by atoms with Gasteiger partial charge in [0.05, 0.1) is 24.0 Å². The number of anilines is 1. The molecule has 1 saturated heterocycles. The minimum Gasteiger partial charge on any atom is -0.444 e. The SMILES string of the molecule is CC(C)(C)OC(=O)N1CC[C@H](n2nc(-c3ncnc4c3C(C(C)(F)F)CC(=O)N4)c3cc(F)ccc32)[C@H](F)C1. The maximum Gasteiger partial charge on any atom is 0.410 e. The van der Waals surface area contributed by atoms with E-state index >= 15 is 4.39 Å². The Balaban J connectivity index is 1.58. The molecule has 1 N–H and O–H groups in total. The van der Waals surface area contributed by atoms with Crippen molar-refractivity contribution in [2.24, 2.45) is 0 Å². The van der Waals surface area contributed by atoms with Gasteiger partial charge in [-0.25, -0.2) is 32.3 Å². The lowest BCUT2D eigenvalue weighted by molar-refractivity contribution is -0.119. The Bertz CT molecular complexity index is 1450. The van der Waals surface area contributed by atoms with Crippen LogP contribution in [0, 0.1) is 5.82 Å². The van der Waals surface area contributed by atoms with E-state index in [1.807, 2.05) is 0 Å². The average molecular weight is 549 g/mol. The van der Waals surface area contributed by atoms with Gasteiger partial charge in [0.1, 0.15) is 41.1 Å². The molecular weight excluding hydrogens is 520 g/mol. The summed E-state index contributed by atoms with van der Waals surface area (Å²) in [5.41, 5.74) is -0.313. The van der Waals surface area contributed by atoms with Crippen LogP contribution in [-0.4, -0.2) is 67.4 Å². The molecule has 0 aliphatic carbocycles. The maximum atomic E-state index is 15.6. The van der Waals surface area contributed by atoms with Crippen LogP contribution < -0.4 is 5.32 Å². The van der Waals surface area contributed by atoms with Crippen molar-refractivity contribution in [3.8, 4) is 11.4 Å². The molecule has 0 saturated carbocycles. The normalized spacial score (nSPS) is 22.0. The molecule has 1 fully saturated rings. The molecule has 5 rings (SSSR count). The smallest absolute Gasteiger partial charge is 0.410 e. The van der Waals surface area contributed by atoms with Crippen LogP contribution in [-0.2, 0) is 9.53 Å². The number of nitrogens with zero attached hydrogens (tertiary/aromatic N) is 5. The summed E-state index contributed by atoms with van der Waals surface area (Å²) in [5, 5.41) is 7.32. The van der Waals surface area contributed by atoms with Gasteiger partial charge in [-0.1, -0.05) is 0 Å². The Kier molecular flexibility index (Phi) is 6.50. The van der Waals surface area contributed by atoms with Crippen LogP contribution in [0.15, 0.2) is 24.5 Å². The number of benzene rings is 1. The van der Waals surface area contributed by atoms with Crippen LogP contribution in [0.3, 0.4) is 0 Å². The van der Waals surface area contributed by atoms with Crippen molar-refractivity contribution in [1.82, 2.24) is 24.6 Å². The number of amides is 2. The Morgan fingerprint density at radius 1 is 1.15 bits per heavy atom. The van der Waals surface area contributed by atoms with Crippen LogP contribution in [0.5, 0.6) is 0 Å². The van der Waals surface area contributed by atoms with E-state index in [-0.39, 0.29) is 47.7 Å². The maximum absolute atomic E-state index is 15.6. The molecule has 39 heavy (non-hydrogen) atoms. The number of ether oxygens (including phenoxy) is 1. The van der Waals surface area contributed by atoms with Gasteiger partial charge in [-0.3, -0.25) is 9.48 Å². The Hall–Kier alpha value is -3.77. The monoisotopic (exact) mass is 548 g/mol. The van der Waals surface area contributed by atoms with E-state index in [4.69, 9.17) is 4.74 Å². The predicted octanol–water partition coefficient (Wildman–Crippen LogP) is 5.23. The highest BCUT2D eigenvalue weighted by atomic mass is 19.3. The van der Waals surface area contributed by atoms with E-state index < -0.39 is 53.9 Å². The molecule has 0 spiro atoms. The van der Waals surface area contributed by atoms with Gasteiger partial charge < -0.3 is 15.0 Å². The number of halogens is 4. The summed E-state index contributed by atoms with van der Waals surface area (Å²) in [5.74, 6) is -6.13. The molecule has 2 aliphatic rings. The number of hydrogen-bond acceptors (Lipinski definition) is 6. The average Bonchev–Trinajstić information content (AvgIpc) is 3.19. The first-order valence-corrected chi connectivity index (χ1v) is 12.6. The Morgan fingerprint density at radius 3 is 2.56 bits per heavy atom. The molecule has 3 atom stereocenters. The molecule has 208 valence electrons. The first kappa shape index (κ1) is 26.8. The van der Waals surface area contributed by atoms with Crippen molar-refractivity contribution in [2.45, 2.75) is 70.2 Å². The highest BCUT2D eigenvalue weighted by Crippen LogP contribution is 2.46. The minimum atomic E-state index is -3.30. The van der Waals surface area contributed by atoms with Gasteiger partial charge in [0.2, 0.25) is 5.91 Å². The summed E-state index contributed by atoms with van der Waals surface area (Å²) in [7, 11) is 0. The van der Waals surface area contributed by atoms with E-state index in [0.717, 1.165) is 6.33 Å². The Labute approximate surface area is 221 Å². The number of nitrogens with one attached hydrogen (secondary N) is 1. The van der Waals surface area contributed by atoms with Crippen LogP contribution in [0.25, 0.3) is 22.3 Å². The topological polar surface area (TPSA) is 102 Å². The zero-order valence-corrected chi connectivity index (χ0v) is 21.8. The second-order valence-corrected chi connectivity index (χ2v) is 11.0. The third-order valence-electron chi connectivity index (χ3n) is 6.86. The van der Waals surface area contributed by atoms with Crippen molar-refractivity contribution < 1.29 is 31.9 Å². The number of hydrogen-bond donors (Lipinski definition) is 1. The molecule has 2 aromatic heterocycles. The summed E-state index contributed by atoms with van der Waals surface area (Å²) < 4.78 is 66.1. The number of fused-ring (bicyclic) bond motifs is 2. The van der Waals surface area contributed by atoms with E-state index in [0.29, 0.717) is 12.4 Å². The zero-order chi connectivity index (χ0) is 28.3. The fraction of sp³-hybridized carbons (Fsp3) is 0.500. The molecule has 2 amide bonds. The number of carbonyl (C=O) groups is 2. The van der Waals surface area contributed by atoms with Crippen LogP contribution in [0.2, 0.25) is 0 Å². The summed E-state index contributed by atoms with van der Waals surface area (Å²) in [6.45, 7) is 5.82. The standard InChI is InChI=1S/C26H28F4N6O3/c1-25(2,3)39-24(38)35-8-7-18(16(28)11-35)36-17-6-5-13(27)9-14(17)21(34-36)22-20-15(26(4,29)30)10-19(37)33-23(20)32-12-31-22/h5-6,9,12,15-16,18H,7-8,10-11H2,1-4H3,(H,31,32,33,37)/t15?,16-,18+/m1/s1. The summed E-state index contributed by atoms with van der Waals surface area (Å²) in [6.07, 6.45) is -1.38. The van der Waals surface area contributed by atoms with Gasteiger partial charge in [0.25, 0.3) is 5.92 Å². The van der Waals surface area contributed by atoms with Crippen molar-refractivity contribution in [1.29, 1.82) is 0 Å². The largest absolute Gasteiger partial charge is 0.444 e. The van der Waals surface area contributed by atoms with E-state index in [9.17, 15) is 22.8 Å². The van der Waals surface area contributed by atoms with Crippen LogP contribution in [0.1, 0.15) is 58.1 Å². The number of rotatable bonds is 3. The number of aromatic nitrogens is 4. The van der Waals surface area contributed by atoms with Gasteiger partial charge in [-0.15, -0.1) is 0 Å². The molecule has 1 aromatic carbocycles. The first-order valence-electron chi connectivity index (χ1n) is 12.6. The fourth-order valence-corrected chi connectivity index (χ4v) is 5.12. The van der Waals surface area contributed by atoms with E-state index in [1.165, 1.54) is 27.8 Å². The predicted molar refractivity (Wildman–Crippen MR) is 134 cm³/mol. The third kappa shape index (κ3) is 5.13. The summed E-state index contributed by atoms with van der Waals surface area (Å²) in [6, 6.07) is 3.00. The second-order valence-electron chi connectivity index (χ2n) is 11.0. The zero-order valence-electron chi connectivity index (χ0n) is 21.8. The van der Waals surface area contributed by atoms with Crippen LogP contribution >= 0.6 is 0 Å². The van der Waals surface area contributed by atoms with Gasteiger partial charge in [0.15, 0.2) is 0 Å². The molecule has 0 radical (unpaired) electrons. The van der Waals surface area contributed by atoms with Gasteiger partial charge in [0, 0.05) is 23.9 Å². The minimum absolute atomic E-state index is 0.00229. The second kappa shape index (κ2) is 9.45. The van der Waals surface area contributed by atoms with Crippen molar-refractivity contribution in [3.63, 3.8) is 0 Å². The molecule has 4 heterocycles. The molecule has 1 unspecified atom stereocenters. The lowest BCUT2D eigenvalue weighted by Gasteiger charge is -2.35. The summed E-state index contributed by atoms with van der Waals surface area (Å²) in [4.78, 5) is 34.1. The fourth-order valence-electron chi connectivity index (χ4n) is 5.12. The molecule has 0 bridgehead atoms. The summed E-state index contributed by atoms with van der Waals surface area (Å²) >= 11 is 0. The Morgan fingerprint density at radius 2 is 1.90 bits per heavy atom. The van der Waals surface area contributed by atoms with Crippen molar-refractivity contribution >= 4 is 28.7 Å². The molecule has 13 heteroatoms. The van der Waals surface area contributed by atoms with Gasteiger partial charge >= 0.3 is 6.09 Å². The number of carbonyl (C=O) groups excluding carboxylic acids is 2. The number of likely N-dealkylation sites (tertiary alicyclic amines) is 1.